The van der Waals surface area contributed by atoms with Crippen LogP contribution in [0.1, 0.15) is 18.2 Å². The van der Waals surface area contributed by atoms with E-state index in [2.05, 4.69) is 34.7 Å². The maximum absolute atomic E-state index is 11.5. The van der Waals surface area contributed by atoms with Crippen molar-refractivity contribution in [3.8, 4) is 0 Å². The molecule has 0 unspecified atom stereocenters. The van der Waals surface area contributed by atoms with Crippen molar-refractivity contribution in [2.75, 3.05) is 18.5 Å². The van der Waals surface area contributed by atoms with Crippen molar-refractivity contribution in [1.29, 1.82) is 0 Å². The van der Waals surface area contributed by atoms with E-state index in [0.717, 1.165) is 22.9 Å². The van der Waals surface area contributed by atoms with Gasteiger partial charge in [-0.3, -0.25) is 4.79 Å². The number of nitrogens with zero attached hydrogens (tertiary/aromatic N) is 1. The van der Waals surface area contributed by atoms with Crippen molar-refractivity contribution < 1.29 is 9.90 Å². The predicted molar refractivity (Wildman–Crippen MR) is 85.0 cm³/mol. The summed E-state index contributed by atoms with van der Waals surface area (Å²) in [5.74, 6) is -0.131. The van der Waals surface area contributed by atoms with Gasteiger partial charge in [-0.05, 0) is 24.1 Å². The van der Waals surface area contributed by atoms with Crippen LogP contribution in [0.4, 0.5) is 10.8 Å². The lowest BCUT2D eigenvalue weighted by atomic mass is 10.1. The molecule has 0 atom stereocenters. The smallest absolute Gasteiger partial charge is 0.226 e. The minimum Gasteiger partial charge on any atom is -0.395 e. The number of amides is 1. The largest absolute Gasteiger partial charge is 0.395 e. The van der Waals surface area contributed by atoms with Crippen molar-refractivity contribution in [3.05, 3.63) is 40.9 Å². The Morgan fingerprint density at radius 3 is 2.76 bits per heavy atom. The summed E-state index contributed by atoms with van der Waals surface area (Å²) in [6.45, 7) is 2.35. The lowest BCUT2D eigenvalue weighted by Gasteiger charge is -2.03. The van der Waals surface area contributed by atoms with Gasteiger partial charge >= 0.3 is 0 Å². The second-order valence-electron chi connectivity index (χ2n) is 4.57. The molecule has 1 amide bonds. The first-order valence-electron chi connectivity index (χ1n) is 6.89. The number of aliphatic hydroxyl groups excluding tert-OH is 1. The van der Waals surface area contributed by atoms with E-state index >= 15 is 0 Å². The summed E-state index contributed by atoms with van der Waals surface area (Å²) in [6.07, 6.45) is 1.25. The van der Waals surface area contributed by atoms with E-state index in [0.29, 0.717) is 0 Å². The first kappa shape index (κ1) is 15.5. The zero-order valence-corrected chi connectivity index (χ0v) is 12.7. The molecule has 0 radical (unpaired) electrons. The normalized spacial score (nSPS) is 10.4. The van der Waals surface area contributed by atoms with Gasteiger partial charge in [0.05, 0.1) is 18.7 Å². The molecule has 0 aliphatic heterocycles. The maximum atomic E-state index is 11.5. The summed E-state index contributed by atoms with van der Waals surface area (Å²) >= 11 is 1.47. The van der Waals surface area contributed by atoms with Gasteiger partial charge in [0.25, 0.3) is 0 Å². The molecule has 6 heteroatoms. The van der Waals surface area contributed by atoms with E-state index < -0.39 is 0 Å². The molecule has 5 nitrogen and oxygen atoms in total. The van der Waals surface area contributed by atoms with Crippen LogP contribution in [-0.4, -0.2) is 29.1 Å². The van der Waals surface area contributed by atoms with Gasteiger partial charge in [-0.15, -0.1) is 11.3 Å². The molecule has 21 heavy (non-hydrogen) atoms. The lowest BCUT2D eigenvalue weighted by molar-refractivity contribution is -0.120. The third-order valence-electron chi connectivity index (χ3n) is 2.94. The Balaban J connectivity index is 1.91. The highest BCUT2D eigenvalue weighted by molar-refractivity contribution is 7.13. The third-order valence-corrected chi connectivity index (χ3v) is 3.75. The van der Waals surface area contributed by atoms with Crippen LogP contribution in [0.25, 0.3) is 0 Å². The number of anilines is 2. The number of hydrogen-bond donors (Lipinski definition) is 3. The van der Waals surface area contributed by atoms with Crippen molar-refractivity contribution in [2.45, 2.75) is 19.8 Å². The Labute approximate surface area is 128 Å². The topological polar surface area (TPSA) is 74.2 Å². The van der Waals surface area contributed by atoms with E-state index in [4.69, 9.17) is 5.11 Å². The van der Waals surface area contributed by atoms with E-state index in [1.807, 2.05) is 17.5 Å². The monoisotopic (exact) mass is 305 g/mol. The summed E-state index contributed by atoms with van der Waals surface area (Å²) in [5, 5.41) is 17.1. The lowest BCUT2D eigenvalue weighted by Crippen LogP contribution is -2.27. The molecule has 0 bridgehead atoms. The molecule has 1 aromatic heterocycles. The molecule has 2 rings (SSSR count). The Bertz CT molecular complexity index is 581. The first-order chi connectivity index (χ1) is 10.2. The molecule has 0 saturated carbocycles. The fraction of sp³-hybridized carbons (Fsp3) is 0.333. The van der Waals surface area contributed by atoms with Gasteiger partial charge in [0.1, 0.15) is 0 Å². The molecule has 0 fully saturated rings. The van der Waals surface area contributed by atoms with Crippen LogP contribution in [0.3, 0.4) is 0 Å². The van der Waals surface area contributed by atoms with Crippen molar-refractivity contribution in [1.82, 2.24) is 10.3 Å². The molecule has 0 aliphatic rings. The summed E-state index contributed by atoms with van der Waals surface area (Å²) < 4.78 is 0. The number of aryl methyl sites for hydroxylation is 1. The highest BCUT2D eigenvalue weighted by Crippen LogP contribution is 2.21. The van der Waals surface area contributed by atoms with Crippen LogP contribution in [0.5, 0.6) is 0 Å². The second-order valence-corrected chi connectivity index (χ2v) is 5.43. The molecule has 1 heterocycles. The summed E-state index contributed by atoms with van der Waals surface area (Å²) in [7, 11) is 0. The number of nitrogens with one attached hydrogen (secondary N) is 2. The van der Waals surface area contributed by atoms with E-state index in [1.54, 1.807) is 0 Å². The first-order valence-corrected chi connectivity index (χ1v) is 7.77. The van der Waals surface area contributed by atoms with Crippen LogP contribution >= 0.6 is 11.3 Å². The van der Waals surface area contributed by atoms with Gasteiger partial charge in [0, 0.05) is 17.6 Å². The molecular weight excluding hydrogens is 286 g/mol. The van der Waals surface area contributed by atoms with Gasteiger partial charge in [-0.25, -0.2) is 4.98 Å². The van der Waals surface area contributed by atoms with E-state index in [-0.39, 0.29) is 25.5 Å². The highest BCUT2D eigenvalue weighted by Gasteiger charge is 2.07. The minimum atomic E-state index is -0.131. The number of aliphatic hydroxyl groups is 1. The van der Waals surface area contributed by atoms with Crippen LogP contribution in [-0.2, 0) is 17.6 Å². The van der Waals surface area contributed by atoms with Crippen LogP contribution in [0, 0.1) is 0 Å². The van der Waals surface area contributed by atoms with Gasteiger partial charge in [-0.1, -0.05) is 19.1 Å². The van der Waals surface area contributed by atoms with Crippen LogP contribution < -0.4 is 10.6 Å². The van der Waals surface area contributed by atoms with Crippen LogP contribution in [0.15, 0.2) is 29.6 Å². The Kier molecular flexibility index (Phi) is 5.71. The van der Waals surface area contributed by atoms with Gasteiger partial charge in [0.2, 0.25) is 5.91 Å². The number of aromatic nitrogens is 1. The molecular formula is C15H19N3O2S. The molecule has 112 valence electrons. The summed E-state index contributed by atoms with van der Waals surface area (Å²) in [6, 6.07) is 8.21. The SMILES string of the molecule is CCc1ccc(Nc2nc(CC(=O)NCCO)cs2)cc1. The van der Waals surface area contributed by atoms with Gasteiger partial charge in [-0.2, -0.15) is 0 Å². The average molecular weight is 305 g/mol. The van der Waals surface area contributed by atoms with E-state index in [9.17, 15) is 4.79 Å². The number of rotatable bonds is 7. The molecule has 3 N–H and O–H groups in total. The zero-order valence-electron chi connectivity index (χ0n) is 11.9. The fourth-order valence-electron chi connectivity index (χ4n) is 1.82. The number of carbonyl (C=O) groups excluding carboxylic acids is 1. The number of carbonyl (C=O) groups is 1. The Morgan fingerprint density at radius 1 is 1.33 bits per heavy atom. The summed E-state index contributed by atoms with van der Waals surface area (Å²) in [5.41, 5.74) is 3.00. The highest BCUT2D eigenvalue weighted by atomic mass is 32.1. The molecule has 0 spiro atoms. The zero-order chi connectivity index (χ0) is 15.1. The fourth-order valence-corrected chi connectivity index (χ4v) is 2.55. The second kappa shape index (κ2) is 7.75. The number of thiazole rings is 1. The van der Waals surface area contributed by atoms with Gasteiger partial charge < -0.3 is 15.7 Å². The number of hydrogen-bond acceptors (Lipinski definition) is 5. The minimum absolute atomic E-state index is 0.0522. The Morgan fingerprint density at radius 2 is 2.10 bits per heavy atom. The standard InChI is InChI=1S/C15H19N3O2S/c1-2-11-3-5-12(6-4-11)17-15-18-13(10-21-15)9-14(20)16-7-8-19/h3-6,10,19H,2,7-9H2,1H3,(H,16,20)(H,17,18). The summed E-state index contributed by atoms with van der Waals surface area (Å²) in [4.78, 5) is 15.9. The van der Waals surface area contributed by atoms with E-state index in [1.165, 1.54) is 16.9 Å². The average Bonchev–Trinajstić information content (AvgIpc) is 2.93. The predicted octanol–water partition coefficient (Wildman–Crippen LogP) is 2.10. The Hall–Kier alpha value is -1.92. The maximum Gasteiger partial charge on any atom is 0.226 e. The molecule has 1 aromatic carbocycles. The molecule has 0 saturated heterocycles. The van der Waals surface area contributed by atoms with Crippen molar-refractivity contribution >= 4 is 28.1 Å². The van der Waals surface area contributed by atoms with Crippen molar-refractivity contribution in [2.24, 2.45) is 0 Å². The third kappa shape index (κ3) is 4.84. The van der Waals surface area contributed by atoms with Gasteiger partial charge in [0.15, 0.2) is 5.13 Å². The quantitative estimate of drug-likeness (QED) is 0.732. The molecule has 2 aromatic rings. The molecule has 0 aliphatic carbocycles. The van der Waals surface area contributed by atoms with Crippen LogP contribution in [0.2, 0.25) is 0 Å². The van der Waals surface area contributed by atoms with Crippen molar-refractivity contribution in [3.63, 3.8) is 0 Å². The number of benzene rings is 1.